The third kappa shape index (κ3) is 4.56. The maximum atomic E-state index is 11.4. The summed E-state index contributed by atoms with van der Waals surface area (Å²) >= 11 is 5.52. The smallest absolute Gasteiger partial charge is 0.344 e. The van der Waals surface area contributed by atoms with Crippen molar-refractivity contribution in [1.29, 1.82) is 0 Å². The summed E-state index contributed by atoms with van der Waals surface area (Å²) in [6, 6.07) is 9.41. The highest BCUT2D eigenvalue weighted by molar-refractivity contribution is 6.28. The van der Waals surface area contributed by atoms with Crippen LogP contribution in [0.3, 0.4) is 0 Å². The van der Waals surface area contributed by atoms with E-state index in [2.05, 4.69) is 9.97 Å². The van der Waals surface area contributed by atoms with E-state index in [9.17, 15) is 4.79 Å². The highest BCUT2D eigenvalue weighted by atomic mass is 35.5. The Kier molecular flexibility index (Phi) is 4.69. The van der Waals surface area contributed by atoms with E-state index in [1.807, 2.05) is 30.3 Å². The Balaban J connectivity index is 1.74. The zero-order valence-electron chi connectivity index (χ0n) is 9.95. The van der Waals surface area contributed by atoms with Crippen molar-refractivity contribution in [2.45, 2.75) is 6.61 Å². The van der Waals surface area contributed by atoms with E-state index in [-0.39, 0.29) is 18.5 Å². The van der Waals surface area contributed by atoms with Gasteiger partial charge in [0.15, 0.2) is 12.4 Å². The van der Waals surface area contributed by atoms with Gasteiger partial charge in [0.05, 0.1) is 12.4 Å². The van der Waals surface area contributed by atoms with Crippen LogP contribution >= 0.6 is 11.6 Å². The molecule has 0 aliphatic heterocycles. The molecule has 6 heteroatoms. The van der Waals surface area contributed by atoms with Gasteiger partial charge in [-0.05, 0) is 17.2 Å². The molecular weight excluding hydrogens is 268 g/mol. The van der Waals surface area contributed by atoms with Crippen molar-refractivity contribution in [2.75, 3.05) is 6.61 Å². The monoisotopic (exact) mass is 278 g/mol. The quantitative estimate of drug-likeness (QED) is 0.620. The molecule has 2 aromatic rings. The fourth-order valence-corrected chi connectivity index (χ4v) is 1.39. The number of halogens is 1. The summed E-state index contributed by atoms with van der Waals surface area (Å²) in [5.74, 6) is -0.0973. The predicted octanol–water partition coefficient (Wildman–Crippen LogP) is 2.25. The molecular formula is C13H11ClN2O3. The fourth-order valence-electron chi connectivity index (χ4n) is 1.30. The maximum Gasteiger partial charge on any atom is 0.344 e. The molecule has 0 radical (unpaired) electrons. The molecule has 2 rings (SSSR count). The highest BCUT2D eigenvalue weighted by Crippen LogP contribution is 2.08. The number of esters is 1. The summed E-state index contributed by atoms with van der Waals surface area (Å²) < 4.78 is 10.2. The van der Waals surface area contributed by atoms with Crippen LogP contribution < -0.4 is 4.74 Å². The summed E-state index contributed by atoms with van der Waals surface area (Å²) in [6.07, 6.45) is 2.78. The Bertz CT molecular complexity index is 531. The van der Waals surface area contributed by atoms with Gasteiger partial charge in [-0.3, -0.25) is 0 Å². The lowest BCUT2D eigenvalue weighted by molar-refractivity contribution is -0.147. The van der Waals surface area contributed by atoms with Crippen molar-refractivity contribution in [3.05, 3.63) is 53.6 Å². The Morgan fingerprint density at radius 2 is 1.84 bits per heavy atom. The van der Waals surface area contributed by atoms with Gasteiger partial charge in [0, 0.05) is 0 Å². The minimum absolute atomic E-state index is 0.124. The second-order valence-corrected chi connectivity index (χ2v) is 3.96. The first kappa shape index (κ1) is 13.3. The van der Waals surface area contributed by atoms with Crippen LogP contribution in [0.1, 0.15) is 5.56 Å². The molecule has 98 valence electrons. The third-order valence-corrected chi connectivity index (χ3v) is 2.39. The molecule has 0 saturated carbocycles. The molecule has 0 bridgehead atoms. The minimum atomic E-state index is -0.459. The summed E-state index contributed by atoms with van der Waals surface area (Å²) in [4.78, 5) is 18.9. The lowest BCUT2D eigenvalue weighted by atomic mass is 10.2. The van der Waals surface area contributed by atoms with Gasteiger partial charge in [-0.15, -0.1) is 0 Å². The molecule has 5 nitrogen and oxygen atoms in total. The number of hydrogen-bond donors (Lipinski definition) is 0. The van der Waals surface area contributed by atoms with Crippen molar-refractivity contribution < 1.29 is 14.3 Å². The van der Waals surface area contributed by atoms with E-state index in [4.69, 9.17) is 21.1 Å². The lowest BCUT2D eigenvalue weighted by Gasteiger charge is -2.06. The van der Waals surface area contributed by atoms with Crippen LogP contribution in [-0.2, 0) is 16.1 Å². The Hall–Kier alpha value is -2.14. The number of benzene rings is 1. The third-order valence-electron chi connectivity index (χ3n) is 2.20. The van der Waals surface area contributed by atoms with Gasteiger partial charge in [-0.25, -0.2) is 14.8 Å². The Morgan fingerprint density at radius 1 is 1.16 bits per heavy atom. The molecule has 0 amide bonds. The molecule has 1 aromatic heterocycles. The Morgan fingerprint density at radius 3 is 2.53 bits per heavy atom. The molecule has 0 atom stereocenters. The number of nitrogens with zero attached hydrogens (tertiary/aromatic N) is 2. The van der Waals surface area contributed by atoms with Crippen LogP contribution in [-0.4, -0.2) is 22.5 Å². The fraction of sp³-hybridized carbons (Fsp3) is 0.154. The van der Waals surface area contributed by atoms with E-state index in [0.717, 1.165) is 5.56 Å². The van der Waals surface area contributed by atoms with E-state index in [1.165, 1.54) is 12.4 Å². The summed E-state index contributed by atoms with van der Waals surface area (Å²) in [5.41, 5.74) is 0.922. The number of rotatable bonds is 5. The first-order valence-corrected chi connectivity index (χ1v) is 5.92. The molecule has 1 heterocycles. The number of carbonyl (C=O) groups excluding carboxylic acids is 1. The lowest BCUT2D eigenvalue weighted by Crippen LogP contribution is -2.14. The second-order valence-electron chi connectivity index (χ2n) is 3.62. The second kappa shape index (κ2) is 6.70. The average molecular weight is 279 g/mol. The molecule has 0 saturated heterocycles. The summed E-state index contributed by atoms with van der Waals surface area (Å²) in [6.45, 7) is 0.0258. The number of ether oxygens (including phenoxy) is 2. The van der Waals surface area contributed by atoms with Crippen LogP contribution in [0, 0.1) is 0 Å². The van der Waals surface area contributed by atoms with Gasteiger partial charge in [-0.1, -0.05) is 30.3 Å². The SMILES string of the molecule is O=C(COc1cnc(Cl)nc1)OCc1ccccc1. The van der Waals surface area contributed by atoms with Gasteiger partial charge in [0.25, 0.3) is 0 Å². The molecule has 0 N–H and O–H groups in total. The minimum Gasteiger partial charge on any atom is -0.479 e. The van der Waals surface area contributed by atoms with E-state index in [0.29, 0.717) is 5.75 Å². The topological polar surface area (TPSA) is 61.3 Å². The van der Waals surface area contributed by atoms with Crippen LogP contribution in [0.4, 0.5) is 0 Å². The van der Waals surface area contributed by atoms with Gasteiger partial charge in [0.1, 0.15) is 6.61 Å². The first-order valence-electron chi connectivity index (χ1n) is 5.54. The first-order chi connectivity index (χ1) is 9.24. The van der Waals surface area contributed by atoms with E-state index < -0.39 is 5.97 Å². The average Bonchev–Trinajstić information content (AvgIpc) is 2.45. The van der Waals surface area contributed by atoms with Crippen LogP contribution in [0.15, 0.2) is 42.7 Å². The zero-order valence-corrected chi connectivity index (χ0v) is 10.7. The molecule has 0 aliphatic carbocycles. The van der Waals surface area contributed by atoms with Crippen molar-refractivity contribution in [3.63, 3.8) is 0 Å². The summed E-state index contributed by atoms with van der Waals surface area (Å²) in [7, 11) is 0. The van der Waals surface area contributed by atoms with Gasteiger partial charge in [-0.2, -0.15) is 0 Å². The van der Waals surface area contributed by atoms with Crippen molar-refractivity contribution >= 4 is 17.6 Å². The number of carbonyl (C=O) groups is 1. The van der Waals surface area contributed by atoms with E-state index >= 15 is 0 Å². The van der Waals surface area contributed by atoms with Gasteiger partial charge >= 0.3 is 5.97 Å². The molecule has 0 aliphatic rings. The highest BCUT2D eigenvalue weighted by Gasteiger charge is 2.05. The van der Waals surface area contributed by atoms with Crippen molar-refractivity contribution in [3.8, 4) is 5.75 Å². The van der Waals surface area contributed by atoms with Crippen LogP contribution in [0.2, 0.25) is 5.28 Å². The Labute approximate surface area is 115 Å². The molecule has 19 heavy (non-hydrogen) atoms. The van der Waals surface area contributed by atoms with Crippen LogP contribution in [0.25, 0.3) is 0 Å². The van der Waals surface area contributed by atoms with Crippen molar-refractivity contribution in [2.24, 2.45) is 0 Å². The summed E-state index contributed by atoms with van der Waals surface area (Å²) in [5, 5.41) is 0.124. The van der Waals surface area contributed by atoms with E-state index in [1.54, 1.807) is 0 Å². The molecule has 0 spiro atoms. The number of aromatic nitrogens is 2. The normalized spacial score (nSPS) is 9.95. The van der Waals surface area contributed by atoms with Gasteiger partial charge in [0.2, 0.25) is 5.28 Å². The zero-order chi connectivity index (χ0) is 13.5. The number of hydrogen-bond acceptors (Lipinski definition) is 5. The maximum absolute atomic E-state index is 11.4. The van der Waals surface area contributed by atoms with Crippen molar-refractivity contribution in [1.82, 2.24) is 9.97 Å². The van der Waals surface area contributed by atoms with Crippen LogP contribution in [0.5, 0.6) is 5.75 Å². The molecule has 0 unspecified atom stereocenters. The standard InChI is InChI=1S/C13H11ClN2O3/c14-13-15-6-11(7-16-13)18-9-12(17)19-8-10-4-2-1-3-5-10/h1-7H,8-9H2. The van der Waals surface area contributed by atoms with Gasteiger partial charge < -0.3 is 9.47 Å². The largest absolute Gasteiger partial charge is 0.479 e. The predicted molar refractivity (Wildman–Crippen MR) is 68.8 cm³/mol. The molecule has 1 aromatic carbocycles. The molecule has 0 fully saturated rings.